The fourth-order valence-corrected chi connectivity index (χ4v) is 1.15. The van der Waals surface area contributed by atoms with E-state index < -0.39 is 5.82 Å². The Morgan fingerprint density at radius 1 is 1.40 bits per heavy atom. The number of allylic oxidation sites excluding steroid dienone is 1. The van der Waals surface area contributed by atoms with Gasteiger partial charge in [-0.2, -0.15) is 10.5 Å². The smallest absolute Gasteiger partial charge is 0.141 e. The Labute approximate surface area is 90.2 Å². The van der Waals surface area contributed by atoms with Crippen molar-refractivity contribution in [3.63, 3.8) is 0 Å². The quantitative estimate of drug-likeness (QED) is 0.743. The molecule has 1 aromatic rings. The molecular formula is C10H4ClFN2O. The van der Waals surface area contributed by atoms with Gasteiger partial charge >= 0.3 is 0 Å². The topological polar surface area (TPSA) is 67.8 Å². The molecule has 0 unspecified atom stereocenters. The average Bonchev–Trinajstić information content (AvgIpc) is 2.21. The molecule has 3 nitrogen and oxygen atoms in total. The molecule has 1 rings (SSSR count). The van der Waals surface area contributed by atoms with Crippen LogP contribution in [0.2, 0.25) is 5.02 Å². The SMILES string of the molecule is N#CC(C#N)=Cc1cc(F)cc(Cl)c1O. The van der Waals surface area contributed by atoms with Crippen molar-refractivity contribution in [3.8, 4) is 17.9 Å². The van der Waals surface area contributed by atoms with Crippen molar-refractivity contribution in [3.05, 3.63) is 34.1 Å². The van der Waals surface area contributed by atoms with Gasteiger partial charge < -0.3 is 5.11 Å². The van der Waals surface area contributed by atoms with Crippen molar-refractivity contribution in [2.45, 2.75) is 0 Å². The van der Waals surface area contributed by atoms with Crippen molar-refractivity contribution < 1.29 is 9.50 Å². The molecule has 0 bridgehead atoms. The first-order valence-corrected chi connectivity index (χ1v) is 4.16. The van der Waals surface area contributed by atoms with E-state index in [9.17, 15) is 9.50 Å². The van der Waals surface area contributed by atoms with Gasteiger partial charge in [0.15, 0.2) is 0 Å². The fourth-order valence-electron chi connectivity index (χ4n) is 0.941. The van der Waals surface area contributed by atoms with E-state index in [1.807, 2.05) is 0 Å². The molecule has 0 heterocycles. The number of hydrogen-bond acceptors (Lipinski definition) is 3. The van der Waals surface area contributed by atoms with E-state index in [2.05, 4.69) is 0 Å². The summed E-state index contributed by atoms with van der Waals surface area (Å²) in [6, 6.07) is 5.10. The molecule has 5 heteroatoms. The van der Waals surface area contributed by atoms with E-state index in [0.29, 0.717) is 0 Å². The number of phenolic OH excluding ortho intramolecular Hbond substituents is 1. The van der Waals surface area contributed by atoms with Crippen LogP contribution >= 0.6 is 11.6 Å². The Morgan fingerprint density at radius 2 is 2.00 bits per heavy atom. The third kappa shape index (κ3) is 2.46. The van der Waals surface area contributed by atoms with Gasteiger partial charge in [0.1, 0.15) is 29.3 Å². The normalized spacial score (nSPS) is 8.80. The summed E-state index contributed by atoms with van der Waals surface area (Å²) in [6.07, 6.45) is 1.06. The number of benzene rings is 1. The monoisotopic (exact) mass is 222 g/mol. The molecule has 0 aliphatic carbocycles. The number of aromatic hydroxyl groups is 1. The lowest BCUT2D eigenvalue weighted by atomic mass is 10.1. The molecule has 15 heavy (non-hydrogen) atoms. The van der Waals surface area contributed by atoms with Crippen LogP contribution in [0.3, 0.4) is 0 Å². The van der Waals surface area contributed by atoms with Gasteiger partial charge in [0.2, 0.25) is 0 Å². The second-order valence-corrected chi connectivity index (χ2v) is 3.01. The number of phenols is 1. The molecule has 0 saturated carbocycles. The summed E-state index contributed by atoms with van der Waals surface area (Å²) in [5.74, 6) is -1.01. The average molecular weight is 223 g/mol. The van der Waals surface area contributed by atoms with Crippen LogP contribution in [0, 0.1) is 28.5 Å². The molecule has 0 fully saturated rings. The highest BCUT2D eigenvalue weighted by Gasteiger charge is 2.07. The first kappa shape index (κ1) is 11.0. The van der Waals surface area contributed by atoms with Gasteiger partial charge in [0.25, 0.3) is 0 Å². The highest BCUT2D eigenvalue weighted by atomic mass is 35.5. The summed E-state index contributed by atoms with van der Waals surface area (Å²) in [5.41, 5.74) is -0.245. The maximum Gasteiger partial charge on any atom is 0.141 e. The summed E-state index contributed by atoms with van der Waals surface area (Å²) in [4.78, 5) is 0. The Kier molecular flexibility index (Phi) is 3.28. The third-order valence-electron chi connectivity index (χ3n) is 1.60. The van der Waals surface area contributed by atoms with E-state index >= 15 is 0 Å². The molecule has 0 aliphatic heterocycles. The minimum Gasteiger partial charge on any atom is -0.506 e. The van der Waals surface area contributed by atoms with Crippen LogP contribution in [0.1, 0.15) is 5.56 Å². The minimum absolute atomic E-state index is 0.00176. The first-order valence-electron chi connectivity index (χ1n) is 3.78. The zero-order valence-corrected chi connectivity index (χ0v) is 8.09. The summed E-state index contributed by atoms with van der Waals surface area (Å²) in [5, 5.41) is 26.2. The van der Waals surface area contributed by atoms with Crippen molar-refractivity contribution in [1.82, 2.24) is 0 Å². The van der Waals surface area contributed by atoms with Gasteiger partial charge in [-0.25, -0.2) is 4.39 Å². The number of nitriles is 2. The molecule has 0 atom stereocenters. The summed E-state index contributed by atoms with van der Waals surface area (Å²) >= 11 is 5.50. The molecular weight excluding hydrogens is 219 g/mol. The minimum atomic E-state index is -0.653. The number of halogens is 2. The largest absolute Gasteiger partial charge is 0.506 e. The molecule has 0 radical (unpaired) electrons. The Balaban J connectivity index is 3.35. The number of nitrogens with zero attached hydrogens (tertiary/aromatic N) is 2. The van der Waals surface area contributed by atoms with Crippen LogP contribution < -0.4 is 0 Å². The van der Waals surface area contributed by atoms with Gasteiger partial charge in [0.05, 0.1) is 5.02 Å². The zero-order chi connectivity index (χ0) is 11.4. The van der Waals surface area contributed by atoms with Crippen LogP contribution in [0.4, 0.5) is 4.39 Å². The van der Waals surface area contributed by atoms with Gasteiger partial charge in [-0.15, -0.1) is 0 Å². The van der Waals surface area contributed by atoms with Gasteiger partial charge in [-0.3, -0.25) is 0 Å². The van der Waals surface area contributed by atoms with E-state index in [4.69, 9.17) is 22.1 Å². The lowest BCUT2D eigenvalue weighted by Crippen LogP contribution is -1.82. The molecule has 0 saturated heterocycles. The van der Waals surface area contributed by atoms with E-state index in [0.717, 1.165) is 18.2 Å². The lowest BCUT2D eigenvalue weighted by molar-refractivity contribution is 0.472. The Hall–Kier alpha value is -2.04. The van der Waals surface area contributed by atoms with Crippen molar-refractivity contribution in [2.24, 2.45) is 0 Å². The van der Waals surface area contributed by atoms with Crippen LogP contribution in [0.15, 0.2) is 17.7 Å². The van der Waals surface area contributed by atoms with Crippen LogP contribution in [-0.4, -0.2) is 5.11 Å². The molecule has 0 amide bonds. The second kappa shape index (κ2) is 4.45. The van der Waals surface area contributed by atoms with Gasteiger partial charge in [-0.05, 0) is 18.2 Å². The van der Waals surface area contributed by atoms with Gasteiger partial charge in [-0.1, -0.05) is 11.6 Å². The molecule has 74 valence electrons. The number of hydrogen-bond donors (Lipinski definition) is 1. The predicted octanol–water partition coefficient (Wildman–Crippen LogP) is 2.62. The predicted molar refractivity (Wildman–Crippen MR) is 52.3 cm³/mol. The van der Waals surface area contributed by atoms with Crippen molar-refractivity contribution in [1.29, 1.82) is 10.5 Å². The Bertz CT molecular complexity index is 495. The molecule has 0 spiro atoms. The summed E-state index contributed by atoms with van der Waals surface area (Å²) < 4.78 is 12.9. The zero-order valence-electron chi connectivity index (χ0n) is 7.33. The van der Waals surface area contributed by atoms with E-state index in [1.54, 1.807) is 12.1 Å². The van der Waals surface area contributed by atoms with Crippen molar-refractivity contribution in [2.75, 3.05) is 0 Å². The maximum absolute atomic E-state index is 12.9. The summed E-state index contributed by atoms with van der Waals surface area (Å²) in [6.45, 7) is 0. The van der Waals surface area contributed by atoms with Gasteiger partial charge in [0, 0.05) is 5.56 Å². The van der Waals surface area contributed by atoms with Crippen LogP contribution in [-0.2, 0) is 0 Å². The van der Waals surface area contributed by atoms with Crippen molar-refractivity contribution >= 4 is 17.7 Å². The van der Waals surface area contributed by atoms with Crippen LogP contribution in [0.25, 0.3) is 6.08 Å². The summed E-state index contributed by atoms with van der Waals surface area (Å²) in [7, 11) is 0. The van der Waals surface area contributed by atoms with E-state index in [-0.39, 0.29) is 21.9 Å². The molecule has 1 aromatic carbocycles. The highest BCUT2D eigenvalue weighted by Crippen LogP contribution is 2.29. The standard InChI is InChI=1S/C10H4ClFN2O/c11-9-3-8(12)2-7(10(9)15)1-6(4-13)5-14/h1-3,15H. The van der Waals surface area contributed by atoms with E-state index in [1.165, 1.54) is 0 Å². The molecule has 0 aliphatic rings. The third-order valence-corrected chi connectivity index (χ3v) is 1.89. The number of rotatable bonds is 1. The van der Waals surface area contributed by atoms with Crippen LogP contribution in [0.5, 0.6) is 5.75 Å². The molecule has 1 N–H and O–H groups in total. The lowest BCUT2D eigenvalue weighted by Gasteiger charge is -2.01. The highest BCUT2D eigenvalue weighted by molar-refractivity contribution is 6.32. The Morgan fingerprint density at radius 3 is 2.53 bits per heavy atom. The fraction of sp³-hybridized carbons (Fsp3) is 0. The first-order chi connectivity index (χ1) is 7.08. The second-order valence-electron chi connectivity index (χ2n) is 2.61. The molecule has 0 aromatic heterocycles. The maximum atomic E-state index is 12.9.